The maximum atomic E-state index is 5.72. The molecule has 1 aromatic rings. The number of nitrogens with two attached hydrogens (primary N) is 1. The first-order chi connectivity index (χ1) is 5.25. The minimum atomic E-state index is 0.0428. The Morgan fingerprint density at radius 3 is 2.73 bits per heavy atom. The van der Waals surface area contributed by atoms with Crippen molar-refractivity contribution in [1.29, 1.82) is 0 Å². The summed E-state index contributed by atoms with van der Waals surface area (Å²) in [4.78, 5) is 0. The molecule has 2 unspecified atom stereocenters. The van der Waals surface area contributed by atoms with Crippen LogP contribution in [0.2, 0.25) is 0 Å². The lowest BCUT2D eigenvalue weighted by Gasteiger charge is -2.17. The molecule has 11 heavy (non-hydrogen) atoms. The van der Waals surface area contributed by atoms with Crippen molar-refractivity contribution in [2.24, 2.45) is 5.73 Å². The molecule has 0 saturated carbocycles. The molecule has 0 spiro atoms. The first kappa shape index (κ1) is 8.71. The van der Waals surface area contributed by atoms with Gasteiger partial charge in [0, 0.05) is 13.2 Å². The standard InChI is InChI=1S/C8H13NOS/c1-6(9)8(10-2)7-3-4-11-5-7/h3-6,8H,9H2,1-2H3. The Balaban J connectivity index is 2.71. The highest BCUT2D eigenvalue weighted by Crippen LogP contribution is 2.21. The average molecular weight is 171 g/mol. The van der Waals surface area contributed by atoms with Gasteiger partial charge in [-0.1, -0.05) is 0 Å². The molecular weight excluding hydrogens is 158 g/mol. The van der Waals surface area contributed by atoms with E-state index in [2.05, 4.69) is 5.38 Å². The van der Waals surface area contributed by atoms with E-state index in [0.29, 0.717) is 0 Å². The summed E-state index contributed by atoms with van der Waals surface area (Å²) in [5.41, 5.74) is 6.89. The third-order valence-corrected chi connectivity index (χ3v) is 2.30. The van der Waals surface area contributed by atoms with Gasteiger partial charge in [-0.15, -0.1) is 0 Å². The lowest BCUT2D eigenvalue weighted by Crippen LogP contribution is -2.25. The van der Waals surface area contributed by atoms with Gasteiger partial charge in [0.2, 0.25) is 0 Å². The maximum Gasteiger partial charge on any atom is 0.0977 e. The summed E-state index contributed by atoms with van der Waals surface area (Å²) in [5, 5.41) is 4.10. The van der Waals surface area contributed by atoms with Crippen LogP contribution in [0.4, 0.5) is 0 Å². The molecule has 1 rings (SSSR count). The van der Waals surface area contributed by atoms with E-state index in [9.17, 15) is 0 Å². The van der Waals surface area contributed by atoms with E-state index >= 15 is 0 Å². The van der Waals surface area contributed by atoms with Crippen molar-refractivity contribution < 1.29 is 4.74 Å². The average Bonchev–Trinajstić information content (AvgIpc) is 2.40. The second-order valence-corrected chi connectivity index (χ2v) is 3.35. The van der Waals surface area contributed by atoms with Crippen LogP contribution in [0.1, 0.15) is 18.6 Å². The lowest BCUT2D eigenvalue weighted by atomic mass is 10.1. The van der Waals surface area contributed by atoms with Crippen molar-refractivity contribution in [1.82, 2.24) is 0 Å². The summed E-state index contributed by atoms with van der Waals surface area (Å²) in [7, 11) is 1.69. The van der Waals surface area contributed by atoms with Gasteiger partial charge in [-0.25, -0.2) is 0 Å². The van der Waals surface area contributed by atoms with Crippen LogP contribution in [0.3, 0.4) is 0 Å². The molecule has 0 bridgehead atoms. The molecule has 1 heterocycles. The van der Waals surface area contributed by atoms with E-state index < -0.39 is 0 Å². The fourth-order valence-electron chi connectivity index (χ4n) is 1.09. The highest BCUT2D eigenvalue weighted by Gasteiger charge is 2.14. The number of hydrogen-bond donors (Lipinski definition) is 1. The molecule has 0 aliphatic rings. The predicted molar refractivity (Wildman–Crippen MR) is 47.7 cm³/mol. The molecule has 2 nitrogen and oxygen atoms in total. The zero-order chi connectivity index (χ0) is 8.27. The predicted octanol–water partition coefficient (Wildman–Crippen LogP) is 1.78. The Bertz CT molecular complexity index is 196. The Hall–Kier alpha value is -0.380. The maximum absolute atomic E-state index is 5.72. The molecule has 1 aromatic heterocycles. The second-order valence-electron chi connectivity index (χ2n) is 2.57. The number of ether oxygens (including phenoxy) is 1. The molecule has 3 heteroatoms. The van der Waals surface area contributed by atoms with Crippen LogP contribution in [0, 0.1) is 0 Å². The van der Waals surface area contributed by atoms with Gasteiger partial charge in [0.25, 0.3) is 0 Å². The molecule has 0 amide bonds. The van der Waals surface area contributed by atoms with Crippen molar-refractivity contribution in [2.75, 3.05) is 7.11 Å². The largest absolute Gasteiger partial charge is 0.375 e. The molecule has 0 aliphatic heterocycles. The smallest absolute Gasteiger partial charge is 0.0977 e. The first-order valence-electron chi connectivity index (χ1n) is 3.56. The number of hydrogen-bond acceptors (Lipinski definition) is 3. The van der Waals surface area contributed by atoms with Crippen LogP contribution < -0.4 is 5.73 Å². The first-order valence-corrected chi connectivity index (χ1v) is 4.50. The summed E-state index contributed by atoms with van der Waals surface area (Å²) in [6, 6.07) is 2.09. The van der Waals surface area contributed by atoms with Crippen LogP contribution in [0.5, 0.6) is 0 Å². The van der Waals surface area contributed by atoms with Gasteiger partial charge in [0.1, 0.15) is 0 Å². The van der Waals surface area contributed by atoms with E-state index in [0.717, 1.165) is 0 Å². The number of rotatable bonds is 3. The molecule has 0 aliphatic carbocycles. The summed E-state index contributed by atoms with van der Waals surface area (Å²) >= 11 is 1.67. The highest BCUT2D eigenvalue weighted by molar-refractivity contribution is 7.07. The van der Waals surface area contributed by atoms with Gasteiger partial charge in [-0.2, -0.15) is 11.3 Å². The van der Waals surface area contributed by atoms with Gasteiger partial charge >= 0.3 is 0 Å². The lowest BCUT2D eigenvalue weighted by molar-refractivity contribution is 0.0857. The van der Waals surface area contributed by atoms with E-state index in [1.807, 2.05) is 18.4 Å². The van der Waals surface area contributed by atoms with Crippen molar-refractivity contribution in [3.63, 3.8) is 0 Å². The SMILES string of the molecule is COC(c1ccsc1)C(C)N. The molecule has 2 atom stereocenters. The van der Waals surface area contributed by atoms with Gasteiger partial charge in [-0.3, -0.25) is 0 Å². The number of thiophene rings is 1. The third kappa shape index (κ3) is 2.02. The topological polar surface area (TPSA) is 35.2 Å². The second kappa shape index (κ2) is 3.85. The van der Waals surface area contributed by atoms with Gasteiger partial charge in [0.05, 0.1) is 6.10 Å². The molecule has 2 N–H and O–H groups in total. The van der Waals surface area contributed by atoms with E-state index in [1.165, 1.54) is 5.56 Å². The molecule has 62 valence electrons. The minimum absolute atomic E-state index is 0.0428. The molecule has 0 radical (unpaired) electrons. The molecule has 0 fully saturated rings. The van der Waals surface area contributed by atoms with Crippen LogP contribution in [-0.2, 0) is 4.74 Å². The highest BCUT2D eigenvalue weighted by atomic mass is 32.1. The monoisotopic (exact) mass is 171 g/mol. The van der Waals surface area contributed by atoms with Gasteiger partial charge in [-0.05, 0) is 29.3 Å². The van der Waals surface area contributed by atoms with E-state index in [-0.39, 0.29) is 12.1 Å². The zero-order valence-corrected chi connectivity index (χ0v) is 7.60. The van der Waals surface area contributed by atoms with Crippen LogP contribution >= 0.6 is 11.3 Å². The third-order valence-electron chi connectivity index (χ3n) is 1.60. The number of methoxy groups -OCH3 is 1. The van der Waals surface area contributed by atoms with Crippen LogP contribution in [0.25, 0.3) is 0 Å². The van der Waals surface area contributed by atoms with E-state index in [4.69, 9.17) is 10.5 Å². The van der Waals surface area contributed by atoms with Gasteiger partial charge < -0.3 is 10.5 Å². The van der Waals surface area contributed by atoms with Crippen LogP contribution in [0.15, 0.2) is 16.8 Å². The molecular formula is C8H13NOS. The minimum Gasteiger partial charge on any atom is -0.375 e. The molecule has 0 aromatic carbocycles. The quantitative estimate of drug-likeness (QED) is 0.752. The zero-order valence-electron chi connectivity index (χ0n) is 6.78. The Labute approximate surface area is 71.0 Å². The summed E-state index contributed by atoms with van der Waals surface area (Å²) in [5.74, 6) is 0. The summed E-state index contributed by atoms with van der Waals surface area (Å²) in [6.45, 7) is 1.95. The fourth-order valence-corrected chi connectivity index (χ4v) is 1.78. The van der Waals surface area contributed by atoms with Crippen LogP contribution in [-0.4, -0.2) is 13.2 Å². The Morgan fingerprint density at radius 1 is 1.64 bits per heavy atom. The van der Waals surface area contributed by atoms with Crippen molar-refractivity contribution in [3.05, 3.63) is 22.4 Å². The molecule has 0 saturated heterocycles. The van der Waals surface area contributed by atoms with Crippen molar-refractivity contribution in [3.8, 4) is 0 Å². The van der Waals surface area contributed by atoms with Crippen molar-refractivity contribution >= 4 is 11.3 Å². The van der Waals surface area contributed by atoms with Crippen molar-refractivity contribution in [2.45, 2.75) is 19.1 Å². The summed E-state index contributed by atoms with van der Waals surface area (Å²) < 4.78 is 5.24. The van der Waals surface area contributed by atoms with Gasteiger partial charge in [0.15, 0.2) is 0 Å². The Morgan fingerprint density at radius 2 is 2.36 bits per heavy atom. The normalized spacial score (nSPS) is 16.3. The fraction of sp³-hybridized carbons (Fsp3) is 0.500. The van der Waals surface area contributed by atoms with E-state index in [1.54, 1.807) is 18.4 Å². The summed E-state index contributed by atoms with van der Waals surface area (Å²) in [6.07, 6.45) is 0.0428. The Kier molecular flexibility index (Phi) is 3.05.